The number of carbonyl (C=O) groups excluding carboxylic acids is 4. The maximum atomic E-state index is 13.2. The number of carbonyl (C=O) groups is 4. The summed E-state index contributed by atoms with van der Waals surface area (Å²) in [6.45, 7) is 20.5. The van der Waals surface area contributed by atoms with Crippen LogP contribution in [0.3, 0.4) is 0 Å². The lowest BCUT2D eigenvalue weighted by Crippen LogP contribution is -2.58. The highest BCUT2D eigenvalue weighted by Crippen LogP contribution is 2.50. The number of epoxide rings is 1. The van der Waals surface area contributed by atoms with Crippen LogP contribution in [0.15, 0.2) is 35.5 Å². The van der Waals surface area contributed by atoms with Crippen molar-refractivity contribution in [2.75, 3.05) is 0 Å². The molecule has 1 aliphatic heterocycles. The van der Waals surface area contributed by atoms with E-state index >= 15 is 0 Å². The second-order valence-electron chi connectivity index (χ2n) is 11.9. The Bertz CT molecular complexity index is 1120. The predicted molar refractivity (Wildman–Crippen MR) is 155 cm³/mol. The Kier molecular flexibility index (Phi) is 11.7. The number of hydrogen-bond acceptors (Lipinski definition) is 10. The molecule has 0 radical (unpaired) electrons. The Morgan fingerprint density at radius 1 is 0.976 bits per heavy atom. The van der Waals surface area contributed by atoms with Gasteiger partial charge in [0.15, 0.2) is 11.7 Å². The van der Waals surface area contributed by atoms with Gasteiger partial charge < -0.3 is 28.8 Å². The zero-order valence-electron chi connectivity index (χ0n) is 26.6. The van der Waals surface area contributed by atoms with E-state index in [-0.39, 0.29) is 12.8 Å². The number of aliphatic hydroxyl groups is 1. The first-order valence-electron chi connectivity index (χ1n) is 14.6. The van der Waals surface area contributed by atoms with Gasteiger partial charge in [-0.3, -0.25) is 9.59 Å². The quantitative estimate of drug-likeness (QED) is 0.134. The summed E-state index contributed by atoms with van der Waals surface area (Å²) in [6.07, 6.45) is -1.81. The number of esters is 4. The molecule has 0 spiro atoms. The van der Waals surface area contributed by atoms with Crippen LogP contribution in [0.1, 0.15) is 88.5 Å². The van der Waals surface area contributed by atoms with Crippen molar-refractivity contribution >= 4 is 23.9 Å². The van der Waals surface area contributed by atoms with Gasteiger partial charge in [-0.05, 0) is 61.3 Å². The van der Waals surface area contributed by atoms with Crippen LogP contribution in [0.5, 0.6) is 0 Å². The summed E-state index contributed by atoms with van der Waals surface area (Å²) in [4.78, 5) is 51.6. The molecule has 2 rings (SSSR count). The number of aliphatic hydroxyl groups excluding tert-OH is 1. The van der Waals surface area contributed by atoms with Gasteiger partial charge in [0.05, 0.1) is 18.1 Å². The lowest BCUT2D eigenvalue weighted by atomic mass is 9.74. The lowest BCUT2D eigenvalue weighted by molar-refractivity contribution is -0.206. The van der Waals surface area contributed by atoms with Crippen molar-refractivity contribution in [3.63, 3.8) is 0 Å². The second kappa shape index (κ2) is 14.0. The summed E-state index contributed by atoms with van der Waals surface area (Å²) in [5.74, 6) is -3.65. The molecular weight excluding hydrogens is 544 g/mol. The van der Waals surface area contributed by atoms with Crippen LogP contribution in [-0.2, 0) is 42.9 Å². The molecule has 1 heterocycles. The van der Waals surface area contributed by atoms with Crippen LogP contribution in [-0.4, -0.2) is 70.7 Å². The maximum Gasteiger partial charge on any atom is 0.333 e. The Balaban J connectivity index is 2.76. The van der Waals surface area contributed by atoms with Gasteiger partial charge in [-0.1, -0.05) is 38.2 Å². The van der Waals surface area contributed by atoms with Crippen LogP contribution in [0, 0.1) is 11.8 Å². The molecule has 42 heavy (non-hydrogen) atoms. The van der Waals surface area contributed by atoms with Crippen LogP contribution < -0.4 is 0 Å². The van der Waals surface area contributed by atoms with Gasteiger partial charge in [0.1, 0.15) is 17.8 Å². The Labute approximate surface area is 249 Å². The molecule has 1 saturated carbocycles. The number of fused-ring (bicyclic) bond motifs is 1. The van der Waals surface area contributed by atoms with Crippen molar-refractivity contribution in [3.8, 4) is 0 Å². The second-order valence-corrected chi connectivity index (χ2v) is 11.9. The molecule has 2 aliphatic rings. The molecule has 10 nitrogen and oxygen atoms in total. The summed E-state index contributed by atoms with van der Waals surface area (Å²) < 4.78 is 29.9. The van der Waals surface area contributed by atoms with E-state index in [1.54, 1.807) is 60.6 Å². The molecule has 0 bridgehead atoms. The first-order chi connectivity index (χ1) is 19.5. The van der Waals surface area contributed by atoms with E-state index in [4.69, 9.17) is 23.7 Å². The predicted octanol–water partition coefficient (Wildman–Crippen LogP) is 4.53. The molecule has 1 saturated heterocycles. The van der Waals surface area contributed by atoms with Gasteiger partial charge in [0, 0.05) is 30.4 Å². The molecule has 0 unspecified atom stereocenters. The molecule has 0 aromatic carbocycles. The molecular formula is C32H48O10. The van der Waals surface area contributed by atoms with Crippen LogP contribution in [0.4, 0.5) is 0 Å². The maximum absolute atomic E-state index is 13.2. The third-order valence-electron chi connectivity index (χ3n) is 8.70. The molecule has 1 N–H and O–H groups in total. The van der Waals surface area contributed by atoms with Crippen molar-refractivity contribution < 1.29 is 48.0 Å². The van der Waals surface area contributed by atoms with E-state index < -0.39 is 77.4 Å². The minimum Gasteiger partial charge on any atom is -0.457 e. The Morgan fingerprint density at radius 3 is 2.00 bits per heavy atom. The fraction of sp³-hybridized carbons (Fsp3) is 0.688. The van der Waals surface area contributed by atoms with Crippen molar-refractivity contribution in [1.29, 1.82) is 0 Å². The molecule has 10 heteroatoms. The standard InChI is InChI=1S/C32H48O10/c1-12-18(6)28(35)38-24-16-25-32(11,42-25)27(40-30(37)20(8)14-3)26(39-29(36)19(7)13-2)22(17(4)5)15-23(34)31(24,10)41-21(9)33/h12,14,19,22-27,34H,4,13,15-16H2,1-3,5-11H3/b18-12-,20-14-/t19-,22-,23-,24+,25+,26+,27+,31+,32+/m1/s1. The van der Waals surface area contributed by atoms with Crippen molar-refractivity contribution in [3.05, 3.63) is 35.5 Å². The minimum absolute atomic E-state index is 0.000487. The monoisotopic (exact) mass is 592 g/mol. The highest BCUT2D eigenvalue weighted by atomic mass is 16.7. The lowest BCUT2D eigenvalue weighted by Gasteiger charge is -2.43. The SMILES string of the molecule is C=C(C)[C@H]1C[C@@H](O)[C@](C)(OC(C)=O)[C@@H](OC(=O)/C(C)=C\C)C[C@@H]2O[C@]2(C)[C@@H](OC(=O)/C(C)=C\C)[C@H]1OC(=O)[C@H](C)CC. The van der Waals surface area contributed by atoms with Crippen LogP contribution in [0.2, 0.25) is 0 Å². The highest BCUT2D eigenvalue weighted by Gasteiger charge is 2.66. The number of rotatable bonds is 9. The summed E-state index contributed by atoms with van der Waals surface area (Å²) in [7, 11) is 0. The molecule has 1 aliphatic carbocycles. The first-order valence-corrected chi connectivity index (χ1v) is 14.6. The topological polar surface area (TPSA) is 138 Å². The fourth-order valence-corrected chi connectivity index (χ4v) is 5.09. The zero-order valence-corrected chi connectivity index (χ0v) is 26.6. The smallest absolute Gasteiger partial charge is 0.333 e. The van der Waals surface area contributed by atoms with E-state index in [0.717, 1.165) is 0 Å². The Morgan fingerprint density at radius 2 is 1.52 bits per heavy atom. The summed E-state index contributed by atoms with van der Waals surface area (Å²) in [6, 6.07) is 0. The van der Waals surface area contributed by atoms with Gasteiger partial charge in [-0.2, -0.15) is 0 Å². The third-order valence-corrected chi connectivity index (χ3v) is 8.70. The summed E-state index contributed by atoms with van der Waals surface area (Å²) >= 11 is 0. The summed E-state index contributed by atoms with van der Waals surface area (Å²) in [5, 5.41) is 11.7. The van der Waals surface area contributed by atoms with Gasteiger partial charge in [-0.15, -0.1) is 0 Å². The number of hydrogen-bond donors (Lipinski definition) is 1. The molecule has 2 fully saturated rings. The van der Waals surface area contributed by atoms with Crippen LogP contribution >= 0.6 is 0 Å². The van der Waals surface area contributed by atoms with Crippen molar-refractivity contribution in [2.24, 2.45) is 11.8 Å². The number of allylic oxidation sites excluding steroid dienone is 2. The molecule has 0 aromatic heterocycles. The van der Waals surface area contributed by atoms with Gasteiger partial charge in [-0.25, -0.2) is 9.59 Å². The highest BCUT2D eigenvalue weighted by molar-refractivity contribution is 5.88. The molecule has 9 atom stereocenters. The zero-order chi connectivity index (χ0) is 32.2. The van der Waals surface area contributed by atoms with Gasteiger partial charge >= 0.3 is 23.9 Å². The normalized spacial score (nSPS) is 34.3. The average molecular weight is 593 g/mol. The molecule has 236 valence electrons. The van der Waals surface area contributed by atoms with Crippen molar-refractivity contribution in [2.45, 2.75) is 130 Å². The first kappa shape index (κ1) is 35.2. The molecule has 0 aromatic rings. The minimum atomic E-state index is -1.70. The van der Waals surface area contributed by atoms with E-state index in [2.05, 4.69) is 6.58 Å². The van der Waals surface area contributed by atoms with Crippen LogP contribution in [0.25, 0.3) is 0 Å². The van der Waals surface area contributed by atoms with E-state index in [0.29, 0.717) is 23.1 Å². The average Bonchev–Trinajstić information content (AvgIpc) is 3.59. The van der Waals surface area contributed by atoms with E-state index in [9.17, 15) is 24.3 Å². The third kappa shape index (κ3) is 7.69. The Hall–Kier alpha value is -2.98. The summed E-state index contributed by atoms with van der Waals surface area (Å²) in [5.41, 5.74) is -1.66. The van der Waals surface area contributed by atoms with E-state index in [1.165, 1.54) is 13.8 Å². The fourth-order valence-electron chi connectivity index (χ4n) is 5.09. The largest absolute Gasteiger partial charge is 0.457 e. The van der Waals surface area contributed by atoms with E-state index in [1.807, 2.05) is 6.92 Å². The van der Waals surface area contributed by atoms with Gasteiger partial charge in [0.2, 0.25) is 0 Å². The number of ether oxygens (including phenoxy) is 5. The van der Waals surface area contributed by atoms with Crippen molar-refractivity contribution in [1.82, 2.24) is 0 Å². The molecule has 0 amide bonds. The van der Waals surface area contributed by atoms with Gasteiger partial charge in [0.25, 0.3) is 0 Å².